The van der Waals surface area contributed by atoms with Crippen molar-refractivity contribution in [2.24, 2.45) is 5.92 Å². The van der Waals surface area contributed by atoms with Crippen LogP contribution in [0, 0.1) is 17.6 Å². The maximum absolute atomic E-state index is 13.8. The molecular weight excluding hydrogens is 402 g/mol. The zero-order chi connectivity index (χ0) is 22.1. The number of carbonyl (C=O) groups excluding carboxylic acids is 1. The van der Waals surface area contributed by atoms with E-state index in [1.54, 1.807) is 15.6 Å². The van der Waals surface area contributed by atoms with Crippen LogP contribution in [0.5, 0.6) is 0 Å². The second-order valence-corrected chi connectivity index (χ2v) is 7.76. The fourth-order valence-electron chi connectivity index (χ4n) is 3.63. The molecule has 0 saturated carbocycles. The number of nitrogens with zero attached hydrogens (tertiary/aromatic N) is 5. The highest BCUT2D eigenvalue weighted by Gasteiger charge is 2.27. The molecule has 1 amide bonds. The van der Waals surface area contributed by atoms with E-state index in [-0.39, 0.29) is 17.9 Å². The highest BCUT2D eigenvalue weighted by atomic mass is 19.2. The Balaban J connectivity index is 1.56. The third-order valence-corrected chi connectivity index (χ3v) is 5.25. The van der Waals surface area contributed by atoms with Crippen LogP contribution in [0.1, 0.15) is 38.4 Å². The predicted molar refractivity (Wildman–Crippen MR) is 111 cm³/mol. The molecule has 9 heteroatoms. The summed E-state index contributed by atoms with van der Waals surface area (Å²) >= 11 is 0. The topological polar surface area (TPSA) is 77.6 Å². The normalized spacial score (nSPS) is 13.5. The average molecular weight is 424 g/mol. The minimum absolute atomic E-state index is 0.104. The van der Waals surface area contributed by atoms with Gasteiger partial charge in [0.15, 0.2) is 11.6 Å². The molecular formula is C22H22F2N6O. The van der Waals surface area contributed by atoms with Crippen LogP contribution in [-0.4, -0.2) is 30.2 Å². The van der Waals surface area contributed by atoms with Gasteiger partial charge in [-0.2, -0.15) is 5.10 Å². The summed E-state index contributed by atoms with van der Waals surface area (Å²) in [6, 6.07) is 8.84. The number of benzene rings is 2. The van der Waals surface area contributed by atoms with E-state index in [2.05, 4.69) is 20.4 Å². The predicted octanol–water partition coefficient (Wildman–Crippen LogP) is 3.97. The van der Waals surface area contributed by atoms with Gasteiger partial charge in [0.1, 0.15) is 18.7 Å². The van der Waals surface area contributed by atoms with Crippen molar-refractivity contribution in [3.05, 3.63) is 72.6 Å². The Kier molecular flexibility index (Phi) is 5.50. The molecule has 0 bridgehead atoms. The maximum atomic E-state index is 13.8. The molecule has 0 fully saturated rings. The van der Waals surface area contributed by atoms with Gasteiger partial charge in [0.25, 0.3) is 0 Å². The maximum Gasteiger partial charge on any atom is 0.243 e. The number of carbonyl (C=O) groups is 1. The number of fused-ring (bicyclic) bond motifs is 1. The van der Waals surface area contributed by atoms with Gasteiger partial charge in [0, 0.05) is 12.1 Å². The lowest BCUT2D eigenvalue weighted by atomic mass is 10.0. The van der Waals surface area contributed by atoms with Crippen molar-refractivity contribution >= 4 is 16.9 Å². The SMILES string of the molecule is CC(NC(=O)C(C(C)C)n1cnc2cc(F)c(F)cc21)c1ccc(-n2cncn2)cc1. The second kappa shape index (κ2) is 8.25. The number of halogens is 2. The number of amides is 1. The Morgan fingerprint density at radius 1 is 1.03 bits per heavy atom. The van der Waals surface area contributed by atoms with Crippen molar-refractivity contribution in [2.45, 2.75) is 32.9 Å². The van der Waals surface area contributed by atoms with Crippen LogP contribution >= 0.6 is 0 Å². The molecule has 2 heterocycles. The number of hydrogen-bond acceptors (Lipinski definition) is 4. The minimum atomic E-state index is -0.974. The number of aromatic nitrogens is 5. The van der Waals surface area contributed by atoms with Gasteiger partial charge in [-0.1, -0.05) is 26.0 Å². The molecule has 2 aromatic heterocycles. The zero-order valence-corrected chi connectivity index (χ0v) is 17.3. The minimum Gasteiger partial charge on any atom is -0.348 e. The molecule has 4 aromatic rings. The van der Waals surface area contributed by atoms with Gasteiger partial charge in [0.05, 0.1) is 29.1 Å². The average Bonchev–Trinajstić information content (AvgIpc) is 3.40. The van der Waals surface area contributed by atoms with Crippen LogP contribution in [0.3, 0.4) is 0 Å². The van der Waals surface area contributed by atoms with Crippen molar-refractivity contribution in [3.63, 3.8) is 0 Å². The molecule has 0 spiro atoms. The summed E-state index contributed by atoms with van der Waals surface area (Å²) in [5.74, 6) is -2.27. The Labute approximate surface area is 177 Å². The first-order valence-electron chi connectivity index (χ1n) is 9.92. The van der Waals surface area contributed by atoms with Crippen molar-refractivity contribution in [2.75, 3.05) is 0 Å². The van der Waals surface area contributed by atoms with Crippen LogP contribution in [0.15, 0.2) is 55.4 Å². The smallest absolute Gasteiger partial charge is 0.243 e. The molecule has 0 aliphatic rings. The van der Waals surface area contributed by atoms with E-state index in [4.69, 9.17) is 0 Å². The van der Waals surface area contributed by atoms with Crippen molar-refractivity contribution in [1.29, 1.82) is 0 Å². The van der Waals surface area contributed by atoms with Gasteiger partial charge in [-0.25, -0.2) is 23.4 Å². The Morgan fingerprint density at radius 2 is 1.74 bits per heavy atom. The van der Waals surface area contributed by atoms with Crippen molar-refractivity contribution < 1.29 is 13.6 Å². The summed E-state index contributed by atoms with van der Waals surface area (Å²) in [5.41, 5.74) is 2.45. The lowest BCUT2D eigenvalue weighted by molar-refractivity contribution is -0.126. The molecule has 2 aromatic carbocycles. The largest absolute Gasteiger partial charge is 0.348 e. The van der Waals surface area contributed by atoms with Crippen LogP contribution < -0.4 is 5.32 Å². The van der Waals surface area contributed by atoms with Crippen LogP contribution in [0.25, 0.3) is 16.7 Å². The first-order chi connectivity index (χ1) is 14.8. The van der Waals surface area contributed by atoms with Crippen molar-refractivity contribution in [3.8, 4) is 5.69 Å². The number of nitrogens with one attached hydrogen (secondary N) is 1. The highest BCUT2D eigenvalue weighted by molar-refractivity contribution is 5.84. The van der Waals surface area contributed by atoms with Gasteiger partial charge in [-0.15, -0.1) is 0 Å². The van der Waals surface area contributed by atoms with Crippen LogP contribution in [0.4, 0.5) is 8.78 Å². The Morgan fingerprint density at radius 3 is 2.39 bits per heavy atom. The highest BCUT2D eigenvalue weighted by Crippen LogP contribution is 2.26. The van der Waals surface area contributed by atoms with Gasteiger partial charge in [-0.3, -0.25) is 4.79 Å². The van der Waals surface area contributed by atoms with Gasteiger partial charge >= 0.3 is 0 Å². The van der Waals surface area contributed by atoms with E-state index >= 15 is 0 Å². The molecule has 2 atom stereocenters. The number of imidazole rings is 1. The molecule has 2 unspecified atom stereocenters. The summed E-state index contributed by atoms with van der Waals surface area (Å²) in [7, 11) is 0. The molecule has 4 rings (SSSR count). The van der Waals surface area contributed by atoms with Gasteiger partial charge in [0.2, 0.25) is 5.91 Å². The lowest BCUT2D eigenvalue weighted by Crippen LogP contribution is -2.36. The fraction of sp³-hybridized carbons (Fsp3) is 0.273. The standard InChI is InChI=1S/C22H22F2N6O/c1-13(2)21(29-12-26-19-8-17(23)18(24)9-20(19)29)22(31)28-14(3)15-4-6-16(7-5-15)30-11-25-10-27-30/h4-14,21H,1-3H3,(H,28,31). The quantitative estimate of drug-likeness (QED) is 0.508. The molecule has 7 nitrogen and oxygen atoms in total. The summed E-state index contributed by atoms with van der Waals surface area (Å²) in [6.07, 6.45) is 4.52. The van der Waals surface area contributed by atoms with Gasteiger partial charge < -0.3 is 9.88 Å². The lowest BCUT2D eigenvalue weighted by Gasteiger charge is -2.25. The molecule has 1 N–H and O–H groups in total. The molecule has 0 saturated heterocycles. The van der Waals surface area contributed by atoms with Crippen LogP contribution in [0.2, 0.25) is 0 Å². The van der Waals surface area contributed by atoms with E-state index in [9.17, 15) is 13.6 Å². The van der Waals surface area contributed by atoms with E-state index in [1.807, 2.05) is 45.0 Å². The monoisotopic (exact) mass is 424 g/mol. The second-order valence-electron chi connectivity index (χ2n) is 7.76. The zero-order valence-electron chi connectivity index (χ0n) is 17.3. The van der Waals surface area contributed by atoms with Gasteiger partial charge in [-0.05, 0) is 30.5 Å². The van der Waals surface area contributed by atoms with Crippen LogP contribution in [-0.2, 0) is 4.79 Å². The summed E-state index contributed by atoms with van der Waals surface area (Å²) in [6.45, 7) is 5.68. The molecule has 0 radical (unpaired) electrons. The van der Waals surface area contributed by atoms with E-state index in [0.717, 1.165) is 23.4 Å². The van der Waals surface area contributed by atoms with E-state index in [1.165, 1.54) is 12.7 Å². The summed E-state index contributed by atoms with van der Waals surface area (Å²) in [5, 5.41) is 7.11. The summed E-state index contributed by atoms with van der Waals surface area (Å²) in [4.78, 5) is 21.2. The summed E-state index contributed by atoms with van der Waals surface area (Å²) < 4.78 is 30.6. The Hall–Kier alpha value is -3.62. The first kappa shape index (κ1) is 20.6. The third-order valence-electron chi connectivity index (χ3n) is 5.25. The van der Waals surface area contributed by atoms with E-state index in [0.29, 0.717) is 11.0 Å². The molecule has 31 heavy (non-hydrogen) atoms. The third kappa shape index (κ3) is 4.03. The number of hydrogen-bond donors (Lipinski definition) is 1. The Bertz CT molecular complexity index is 1200. The van der Waals surface area contributed by atoms with E-state index < -0.39 is 17.7 Å². The number of rotatable bonds is 6. The first-order valence-corrected chi connectivity index (χ1v) is 9.92. The van der Waals surface area contributed by atoms with Crippen molar-refractivity contribution in [1.82, 2.24) is 29.6 Å². The molecule has 0 aliphatic carbocycles. The molecule has 0 aliphatic heterocycles. The fourth-order valence-corrected chi connectivity index (χ4v) is 3.63. The molecule has 160 valence electrons.